The molecule has 0 fully saturated rings. The molecular formula is C25H25ClN2O2. The van der Waals surface area contributed by atoms with Crippen LogP contribution in [0.2, 0.25) is 5.02 Å². The molecule has 0 saturated carbocycles. The van der Waals surface area contributed by atoms with E-state index in [1.54, 1.807) is 7.11 Å². The molecule has 0 atom stereocenters. The Balaban J connectivity index is 1.55. The van der Waals surface area contributed by atoms with E-state index in [0.29, 0.717) is 6.61 Å². The molecule has 4 aromatic rings. The van der Waals surface area contributed by atoms with E-state index in [4.69, 9.17) is 26.1 Å². The molecule has 154 valence electrons. The second-order valence-electron chi connectivity index (χ2n) is 7.38. The number of hydrogen-bond acceptors (Lipinski definition) is 3. The summed E-state index contributed by atoms with van der Waals surface area (Å²) >= 11 is 6.26. The number of hydrogen-bond donors (Lipinski definition) is 0. The maximum atomic E-state index is 6.26. The zero-order valence-electron chi connectivity index (χ0n) is 17.5. The van der Waals surface area contributed by atoms with Crippen LogP contribution in [-0.2, 0) is 6.54 Å². The third-order valence-electron chi connectivity index (χ3n) is 5.19. The summed E-state index contributed by atoms with van der Waals surface area (Å²) in [5.74, 6) is 2.62. The van der Waals surface area contributed by atoms with Gasteiger partial charge in [-0.2, -0.15) is 0 Å². The molecule has 4 nitrogen and oxygen atoms in total. The van der Waals surface area contributed by atoms with E-state index in [9.17, 15) is 0 Å². The Morgan fingerprint density at radius 3 is 2.47 bits per heavy atom. The predicted octanol–water partition coefficient (Wildman–Crippen LogP) is 6.45. The van der Waals surface area contributed by atoms with Gasteiger partial charge >= 0.3 is 0 Å². The lowest BCUT2D eigenvalue weighted by Crippen LogP contribution is -2.06. The van der Waals surface area contributed by atoms with Gasteiger partial charge in [0.2, 0.25) is 0 Å². The monoisotopic (exact) mass is 420 g/mol. The second-order valence-corrected chi connectivity index (χ2v) is 7.76. The number of para-hydroxylation sites is 2. The highest BCUT2D eigenvalue weighted by Crippen LogP contribution is 2.28. The Morgan fingerprint density at radius 2 is 1.70 bits per heavy atom. The summed E-state index contributed by atoms with van der Waals surface area (Å²) in [5, 5.41) is 0.801. The van der Waals surface area contributed by atoms with Crippen molar-refractivity contribution in [2.45, 2.75) is 26.8 Å². The van der Waals surface area contributed by atoms with E-state index in [-0.39, 0.29) is 0 Å². The van der Waals surface area contributed by atoms with Crippen LogP contribution in [-0.4, -0.2) is 23.3 Å². The molecule has 0 N–H and O–H groups in total. The Bertz CT molecular complexity index is 1160. The van der Waals surface area contributed by atoms with E-state index in [1.165, 1.54) is 0 Å². The highest BCUT2D eigenvalue weighted by molar-refractivity contribution is 6.32. The first kappa shape index (κ1) is 20.3. The Labute approximate surface area is 182 Å². The molecule has 0 saturated heterocycles. The van der Waals surface area contributed by atoms with Gasteiger partial charge in [-0.3, -0.25) is 0 Å². The first-order valence-electron chi connectivity index (χ1n) is 10.1. The molecule has 0 aliphatic rings. The third-order valence-corrected chi connectivity index (χ3v) is 5.78. The van der Waals surface area contributed by atoms with Gasteiger partial charge in [0.1, 0.15) is 17.3 Å². The lowest BCUT2D eigenvalue weighted by Gasteiger charge is -2.12. The number of aromatic nitrogens is 2. The van der Waals surface area contributed by atoms with Gasteiger partial charge in [0, 0.05) is 17.1 Å². The quantitative estimate of drug-likeness (QED) is 0.322. The molecule has 0 bridgehead atoms. The molecule has 0 aliphatic carbocycles. The third kappa shape index (κ3) is 4.14. The van der Waals surface area contributed by atoms with Crippen LogP contribution in [0.25, 0.3) is 22.4 Å². The molecule has 30 heavy (non-hydrogen) atoms. The van der Waals surface area contributed by atoms with Gasteiger partial charge in [0.05, 0.1) is 24.8 Å². The van der Waals surface area contributed by atoms with Crippen molar-refractivity contribution in [2.24, 2.45) is 0 Å². The van der Waals surface area contributed by atoms with Crippen molar-refractivity contribution in [3.05, 3.63) is 76.8 Å². The number of imidazole rings is 1. The average Bonchev–Trinajstić information content (AvgIpc) is 3.13. The smallest absolute Gasteiger partial charge is 0.141 e. The maximum absolute atomic E-state index is 6.26. The van der Waals surface area contributed by atoms with Crippen molar-refractivity contribution >= 4 is 22.6 Å². The molecule has 0 amide bonds. The summed E-state index contributed by atoms with van der Waals surface area (Å²) in [6.07, 6.45) is 0.859. The first-order chi connectivity index (χ1) is 14.6. The minimum atomic E-state index is 0.616. The van der Waals surface area contributed by atoms with Crippen molar-refractivity contribution in [1.82, 2.24) is 9.55 Å². The Hall–Kier alpha value is -2.98. The van der Waals surface area contributed by atoms with Crippen LogP contribution in [0.4, 0.5) is 0 Å². The maximum Gasteiger partial charge on any atom is 0.141 e. The van der Waals surface area contributed by atoms with E-state index in [2.05, 4.69) is 16.7 Å². The minimum Gasteiger partial charge on any atom is -0.497 e. The number of rotatable bonds is 7. The van der Waals surface area contributed by atoms with Crippen molar-refractivity contribution in [1.29, 1.82) is 0 Å². The molecule has 0 radical (unpaired) electrons. The van der Waals surface area contributed by atoms with Crippen molar-refractivity contribution in [3.8, 4) is 22.9 Å². The van der Waals surface area contributed by atoms with Gasteiger partial charge in [-0.1, -0.05) is 35.9 Å². The van der Waals surface area contributed by atoms with Gasteiger partial charge in [0.15, 0.2) is 0 Å². The summed E-state index contributed by atoms with van der Waals surface area (Å²) in [4.78, 5) is 4.88. The highest BCUT2D eigenvalue weighted by atomic mass is 35.5. The van der Waals surface area contributed by atoms with Crippen LogP contribution in [0.15, 0.2) is 60.7 Å². The molecule has 0 unspecified atom stereocenters. The predicted molar refractivity (Wildman–Crippen MR) is 123 cm³/mol. The standard InChI is InChI=1S/C25H25ClN2O2/c1-17-14-21(15-18(2)24(17)26)30-13-7-12-28-23-11-5-4-10-22(23)27-25(28)19-8-6-9-20(16-19)29-3/h4-6,8-11,14-16H,7,12-13H2,1-3H3. The Kier molecular flexibility index (Phi) is 5.96. The molecule has 0 aliphatic heterocycles. The lowest BCUT2D eigenvalue weighted by molar-refractivity contribution is 0.302. The van der Waals surface area contributed by atoms with E-state index < -0.39 is 0 Å². The van der Waals surface area contributed by atoms with E-state index in [1.807, 2.05) is 62.4 Å². The number of ether oxygens (including phenoxy) is 2. The molecule has 0 spiro atoms. The number of methoxy groups -OCH3 is 1. The van der Waals surface area contributed by atoms with Crippen LogP contribution in [0.3, 0.4) is 0 Å². The molecule has 1 aromatic heterocycles. The zero-order chi connectivity index (χ0) is 21.1. The molecule has 1 heterocycles. The van der Waals surface area contributed by atoms with E-state index >= 15 is 0 Å². The average molecular weight is 421 g/mol. The van der Waals surface area contributed by atoms with Gasteiger partial charge in [-0.05, 0) is 67.8 Å². The van der Waals surface area contributed by atoms with Crippen molar-refractivity contribution in [2.75, 3.05) is 13.7 Å². The molecule has 3 aromatic carbocycles. The lowest BCUT2D eigenvalue weighted by atomic mass is 10.1. The highest BCUT2D eigenvalue weighted by Gasteiger charge is 2.13. The summed E-state index contributed by atoms with van der Waals surface area (Å²) < 4.78 is 13.7. The van der Waals surface area contributed by atoms with Crippen LogP contribution in [0.5, 0.6) is 11.5 Å². The SMILES string of the molecule is COc1cccc(-c2nc3ccccc3n2CCCOc2cc(C)c(Cl)c(C)c2)c1. The summed E-state index contributed by atoms with van der Waals surface area (Å²) in [7, 11) is 1.68. The van der Waals surface area contributed by atoms with Gasteiger partial charge in [0.25, 0.3) is 0 Å². The largest absolute Gasteiger partial charge is 0.497 e. The molecule has 5 heteroatoms. The van der Waals surface area contributed by atoms with Crippen molar-refractivity contribution < 1.29 is 9.47 Å². The first-order valence-corrected chi connectivity index (χ1v) is 10.4. The topological polar surface area (TPSA) is 36.3 Å². The number of fused-ring (bicyclic) bond motifs is 1. The van der Waals surface area contributed by atoms with E-state index in [0.717, 1.165) is 63.0 Å². The summed E-state index contributed by atoms with van der Waals surface area (Å²) in [5.41, 5.74) is 5.21. The molecule has 4 rings (SSSR count). The van der Waals surface area contributed by atoms with Crippen LogP contribution >= 0.6 is 11.6 Å². The van der Waals surface area contributed by atoms with Crippen molar-refractivity contribution in [3.63, 3.8) is 0 Å². The van der Waals surface area contributed by atoms with Crippen LogP contribution < -0.4 is 9.47 Å². The summed E-state index contributed by atoms with van der Waals surface area (Å²) in [6.45, 7) is 5.42. The fourth-order valence-electron chi connectivity index (χ4n) is 3.69. The van der Waals surface area contributed by atoms with Crippen LogP contribution in [0, 0.1) is 13.8 Å². The fourth-order valence-corrected chi connectivity index (χ4v) is 3.80. The summed E-state index contributed by atoms with van der Waals surface area (Å²) in [6, 6.07) is 20.2. The van der Waals surface area contributed by atoms with Gasteiger partial charge < -0.3 is 14.0 Å². The van der Waals surface area contributed by atoms with Gasteiger partial charge in [-0.25, -0.2) is 4.98 Å². The van der Waals surface area contributed by atoms with Crippen LogP contribution in [0.1, 0.15) is 17.5 Å². The number of benzene rings is 3. The Morgan fingerprint density at radius 1 is 0.933 bits per heavy atom. The van der Waals surface area contributed by atoms with Gasteiger partial charge in [-0.15, -0.1) is 0 Å². The minimum absolute atomic E-state index is 0.616. The zero-order valence-corrected chi connectivity index (χ0v) is 18.2. The fraction of sp³-hybridized carbons (Fsp3) is 0.240. The number of halogens is 1. The second kappa shape index (κ2) is 8.80. The number of aryl methyl sites for hydroxylation is 3. The normalized spacial score (nSPS) is 11.1. The number of nitrogens with zero attached hydrogens (tertiary/aromatic N) is 2. The molecular weight excluding hydrogens is 396 g/mol.